The minimum atomic E-state index is -3.67. The van der Waals surface area contributed by atoms with Crippen LogP contribution in [0.2, 0.25) is 0 Å². The van der Waals surface area contributed by atoms with Gasteiger partial charge in [-0.05, 0) is 46.9 Å². The molecule has 0 bridgehead atoms. The average Bonchev–Trinajstić information content (AvgIpc) is 2.78. The molecule has 2 heterocycles. The van der Waals surface area contributed by atoms with Crippen LogP contribution in [0.5, 0.6) is 0 Å². The van der Waals surface area contributed by atoms with Crippen LogP contribution in [0.1, 0.15) is 38.3 Å². The molecule has 8 heteroatoms. The molecule has 0 aliphatic heterocycles. The summed E-state index contributed by atoms with van der Waals surface area (Å²) in [5, 5.41) is 2.83. The number of nitrogens with zero attached hydrogens (tertiary/aromatic N) is 2. The highest BCUT2D eigenvalue weighted by atomic mass is 32.2. The molecule has 0 unspecified atom stereocenters. The summed E-state index contributed by atoms with van der Waals surface area (Å²) in [6, 6.07) is 14.2. The lowest BCUT2D eigenvalue weighted by Gasteiger charge is -2.19. The van der Waals surface area contributed by atoms with Crippen molar-refractivity contribution < 1.29 is 13.2 Å². The van der Waals surface area contributed by atoms with Gasteiger partial charge in [-0.3, -0.25) is 14.8 Å². The third-order valence-electron chi connectivity index (χ3n) is 4.98. The van der Waals surface area contributed by atoms with Gasteiger partial charge in [0.15, 0.2) is 0 Å². The van der Waals surface area contributed by atoms with Gasteiger partial charge in [0.2, 0.25) is 15.9 Å². The Labute approximate surface area is 189 Å². The molecule has 0 saturated heterocycles. The molecule has 0 atom stereocenters. The van der Waals surface area contributed by atoms with Crippen LogP contribution < -0.4 is 10.0 Å². The number of hydrogen-bond donors (Lipinski definition) is 2. The van der Waals surface area contributed by atoms with E-state index in [1.54, 1.807) is 36.8 Å². The molecule has 2 N–H and O–H groups in total. The zero-order valence-corrected chi connectivity index (χ0v) is 19.3. The van der Waals surface area contributed by atoms with E-state index in [9.17, 15) is 13.2 Å². The number of hydrogen-bond acceptors (Lipinski definition) is 5. The zero-order chi connectivity index (χ0) is 23.2. The molecule has 32 heavy (non-hydrogen) atoms. The SMILES string of the molecule is CC(C)(C)c1ccc(S(=O)(=O)NCCC(=O)NCc2cccnc2-c2cccnc2)cc1. The predicted octanol–water partition coefficient (Wildman–Crippen LogP) is 3.43. The Balaban J connectivity index is 1.53. The lowest BCUT2D eigenvalue weighted by Crippen LogP contribution is -2.30. The van der Waals surface area contributed by atoms with Gasteiger partial charge in [-0.2, -0.15) is 0 Å². The summed E-state index contributed by atoms with van der Waals surface area (Å²) >= 11 is 0. The van der Waals surface area contributed by atoms with Crippen LogP contribution in [0.25, 0.3) is 11.3 Å². The molecule has 1 aromatic carbocycles. The average molecular weight is 453 g/mol. The first-order chi connectivity index (χ1) is 15.2. The van der Waals surface area contributed by atoms with Gasteiger partial charge in [0.05, 0.1) is 10.6 Å². The van der Waals surface area contributed by atoms with Gasteiger partial charge < -0.3 is 5.32 Å². The summed E-state index contributed by atoms with van der Waals surface area (Å²) in [6.45, 7) is 6.51. The van der Waals surface area contributed by atoms with E-state index in [1.807, 2.05) is 30.3 Å². The maximum Gasteiger partial charge on any atom is 0.240 e. The Kier molecular flexibility index (Phi) is 7.37. The summed E-state index contributed by atoms with van der Waals surface area (Å²) in [7, 11) is -3.67. The van der Waals surface area contributed by atoms with Gasteiger partial charge >= 0.3 is 0 Å². The number of benzene rings is 1. The second-order valence-corrected chi connectivity index (χ2v) is 10.2. The molecule has 0 aliphatic carbocycles. The van der Waals surface area contributed by atoms with E-state index in [0.29, 0.717) is 0 Å². The first kappa shape index (κ1) is 23.6. The van der Waals surface area contributed by atoms with Crippen molar-refractivity contribution in [3.63, 3.8) is 0 Å². The van der Waals surface area contributed by atoms with Crippen molar-refractivity contribution in [1.29, 1.82) is 0 Å². The number of aromatic nitrogens is 2. The predicted molar refractivity (Wildman–Crippen MR) is 124 cm³/mol. The van der Waals surface area contributed by atoms with Gasteiger partial charge in [-0.25, -0.2) is 13.1 Å². The molecular weight excluding hydrogens is 424 g/mol. The molecule has 0 fully saturated rings. The quantitative estimate of drug-likeness (QED) is 0.545. The second-order valence-electron chi connectivity index (χ2n) is 8.45. The normalized spacial score (nSPS) is 11.8. The highest BCUT2D eigenvalue weighted by molar-refractivity contribution is 7.89. The molecule has 168 valence electrons. The number of carbonyl (C=O) groups excluding carboxylic acids is 1. The highest BCUT2D eigenvalue weighted by Crippen LogP contribution is 2.23. The summed E-state index contributed by atoms with van der Waals surface area (Å²) in [5.41, 5.74) is 3.46. The van der Waals surface area contributed by atoms with E-state index < -0.39 is 10.0 Å². The largest absolute Gasteiger partial charge is 0.352 e. The molecule has 0 saturated carbocycles. The number of pyridine rings is 2. The van der Waals surface area contributed by atoms with Gasteiger partial charge in [-0.15, -0.1) is 0 Å². The minimum absolute atomic E-state index is 0.0116. The van der Waals surface area contributed by atoms with Crippen LogP contribution in [0.4, 0.5) is 0 Å². The van der Waals surface area contributed by atoms with Gasteiger partial charge in [-0.1, -0.05) is 39.0 Å². The lowest BCUT2D eigenvalue weighted by atomic mass is 9.87. The molecule has 1 amide bonds. The number of amides is 1. The monoisotopic (exact) mass is 452 g/mol. The van der Waals surface area contributed by atoms with Gasteiger partial charge in [0, 0.05) is 43.7 Å². The van der Waals surface area contributed by atoms with Crippen molar-refractivity contribution in [3.05, 3.63) is 78.2 Å². The Morgan fingerprint density at radius 3 is 2.38 bits per heavy atom. The fourth-order valence-corrected chi connectivity index (χ4v) is 4.17. The van der Waals surface area contributed by atoms with E-state index in [1.165, 1.54) is 0 Å². The Morgan fingerprint density at radius 1 is 1.00 bits per heavy atom. The zero-order valence-electron chi connectivity index (χ0n) is 18.5. The maximum atomic E-state index is 12.5. The molecule has 2 aromatic heterocycles. The highest BCUT2D eigenvalue weighted by Gasteiger charge is 2.17. The van der Waals surface area contributed by atoms with Crippen LogP contribution in [0.15, 0.2) is 72.0 Å². The third-order valence-corrected chi connectivity index (χ3v) is 6.45. The molecule has 0 spiro atoms. The van der Waals surface area contributed by atoms with Crippen molar-refractivity contribution in [1.82, 2.24) is 20.0 Å². The van der Waals surface area contributed by atoms with Gasteiger partial charge in [0.25, 0.3) is 0 Å². The van der Waals surface area contributed by atoms with Crippen molar-refractivity contribution in [2.75, 3.05) is 6.54 Å². The molecule has 7 nitrogen and oxygen atoms in total. The number of sulfonamides is 1. The number of nitrogens with one attached hydrogen (secondary N) is 2. The molecule has 0 radical (unpaired) electrons. The first-order valence-electron chi connectivity index (χ1n) is 10.4. The number of carbonyl (C=O) groups is 1. The third kappa shape index (κ3) is 6.21. The summed E-state index contributed by atoms with van der Waals surface area (Å²) < 4.78 is 27.5. The van der Waals surface area contributed by atoms with E-state index in [0.717, 1.165) is 22.4 Å². The Hall–Kier alpha value is -3.10. The Morgan fingerprint density at radius 2 is 1.72 bits per heavy atom. The van der Waals surface area contributed by atoms with Crippen LogP contribution in [0, 0.1) is 0 Å². The van der Waals surface area contributed by atoms with Crippen LogP contribution in [-0.4, -0.2) is 30.8 Å². The Bertz CT molecular complexity index is 1160. The van der Waals surface area contributed by atoms with Crippen LogP contribution >= 0.6 is 0 Å². The van der Waals surface area contributed by atoms with E-state index in [-0.39, 0.29) is 35.7 Å². The van der Waals surface area contributed by atoms with Crippen molar-refractivity contribution in [2.24, 2.45) is 0 Å². The van der Waals surface area contributed by atoms with Crippen LogP contribution in [-0.2, 0) is 26.8 Å². The maximum absolute atomic E-state index is 12.5. The van der Waals surface area contributed by atoms with Gasteiger partial charge in [0.1, 0.15) is 0 Å². The molecule has 3 aromatic rings. The fourth-order valence-electron chi connectivity index (χ4n) is 3.14. The van der Waals surface area contributed by atoms with Crippen molar-refractivity contribution >= 4 is 15.9 Å². The van der Waals surface area contributed by atoms with E-state index in [4.69, 9.17) is 0 Å². The standard InChI is InChI=1S/C24H28N4O3S/c1-24(2,3)20-8-10-21(11-9-20)32(30,31)28-15-12-22(29)27-17-19-7-5-14-26-23(19)18-6-4-13-25-16-18/h4-11,13-14,16,28H,12,15,17H2,1-3H3,(H,27,29). The van der Waals surface area contributed by atoms with Crippen molar-refractivity contribution in [3.8, 4) is 11.3 Å². The second kappa shape index (κ2) is 10.0. The summed E-state index contributed by atoms with van der Waals surface area (Å²) in [6.07, 6.45) is 5.13. The van der Waals surface area contributed by atoms with Crippen molar-refractivity contribution in [2.45, 2.75) is 44.0 Å². The molecule has 0 aliphatic rings. The topological polar surface area (TPSA) is 101 Å². The summed E-state index contributed by atoms with van der Waals surface area (Å²) in [5.74, 6) is -0.253. The number of rotatable bonds is 8. The van der Waals surface area contributed by atoms with E-state index in [2.05, 4.69) is 40.8 Å². The smallest absolute Gasteiger partial charge is 0.240 e. The van der Waals surface area contributed by atoms with Crippen LogP contribution in [0.3, 0.4) is 0 Å². The van der Waals surface area contributed by atoms with E-state index >= 15 is 0 Å². The first-order valence-corrected chi connectivity index (χ1v) is 11.9. The summed E-state index contributed by atoms with van der Waals surface area (Å²) in [4.78, 5) is 20.9. The molecule has 3 rings (SSSR count). The minimum Gasteiger partial charge on any atom is -0.352 e. The fraction of sp³-hybridized carbons (Fsp3) is 0.292. The molecular formula is C24H28N4O3S. The lowest BCUT2D eigenvalue weighted by molar-refractivity contribution is -0.121.